The van der Waals surface area contributed by atoms with Crippen LogP contribution in [0, 0.1) is 23.7 Å². The molecule has 4 rings (SSSR count). The molecule has 6 atom stereocenters. The second-order valence-corrected chi connectivity index (χ2v) is 10.4. The number of nitrogens with zero attached hydrogens (tertiary/aromatic N) is 1. The van der Waals surface area contributed by atoms with Crippen LogP contribution in [0.4, 0.5) is 0 Å². The first kappa shape index (κ1) is 22.5. The zero-order valence-corrected chi connectivity index (χ0v) is 19.8. The highest BCUT2D eigenvalue weighted by Crippen LogP contribution is 2.35. The van der Waals surface area contributed by atoms with Crippen LogP contribution in [0.3, 0.4) is 0 Å². The molecule has 0 spiro atoms. The normalized spacial score (nSPS) is 33.5. The van der Waals surface area contributed by atoms with E-state index in [0.29, 0.717) is 41.4 Å². The predicted octanol–water partition coefficient (Wildman–Crippen LogP) is 4.28. The molecule has 7 heteroatoms. The van der Waals surface area contributed by atoms with Gasteiger partial charge >= 0.3 is 0 Å². The molecule has 2 saturated carbocycles. The summed E-state index contributed by atoms with van der Waals surface area (Å²) in [6.45, 7) is 4.97. The van der Waals surface area contributed by atoms with Gasteiger partial charge in [0.25, 0.3) is 0 Å². The van der Waals surface area contributed by atoms with Gasteiger partial charge in [-0.25, -0.2) is 0 Å². The highest BCUT2D eigenvalue weighted by atomic mass is 35.5. The quantitative estimate of drug-likeness (QED) is 0.657. The summed E-state index contributed by atoms with van der Waals surface area (Å²) < 4.78 is 0. The molecule has 0 aromatic heterocycles. The van der Waals surface area contributed by atoms with E-state index in [1.54, 1.807) is 4.90 Å². The van der Waals surface area contributed by atoms with Crippen molar-refractivity contribution in [2.45, 2.75) is 71.0 Å². The van der Waals surface area contributed by atoms with E-state index in [1.807, 2.05) is 24.3 Å². The molecule has 3 aliphatic rings. The summed E-state index contributed by atoms with van der Waals surface area (Å²) in [6, 6.07) is 7.68. The average Bonchev–Trinajstić information content (AvgIpc) is 2.75. The summed E-state index contributed by atoms with van der Waals surface area (Å²) >= 11 is 11.5. The highest BCUT2D eigenvalue weighted by Gasteiger charge is 2.44. The number of amides is 2. The standard InChI is InChI=1S/C24H32ClN3O2S/c1-14-4-3-5-20(15(14)2)26-22(29)17-8-11-19-21(12-17)27-24(31)28(23(19)30)13-16-6-9-18(25)10-7-16/h6-7,9-10,14-15,17,19-21H,3-5,8,11-13H2,1-2H3,(H,26,29)(H,27,31). The third-order valence-electron chi connectivity index (χ3n) is 7.65. The van der Waals surface area contributed by atoms with Crippen molar-refractivity contribution in [2.75, 3.05) is 0 Å². The van der Waals surface area contributed by atoms with Crippen LogP contribution in [0.5, 0.6) is 0 Å². The van der Waals surface area contributed by atoms with E-state index >= 15 is 0 Å². The molecule has 1 aromatic carbocycles. The topological polar surface area (TPSA) is 61.4 Å². The Balaban J connectivity index is 1.36. The van der Waals surface area contributed by atoms with E-state index in [-0.39, 0.29) is 35.7 Å². The SMILES string of the molecule is CC1CCCC(NC(=O)C2CCC3C(=O)N(Cc4ccc(Cl)cc4)C(=S)NC3C2)C1C. The number of hydrogen-bond donors (Lipinski definition) is 2. The summed E-state index contributed by atoms with van der Waals surface area (Å²) in [7, 11) is 0. The van der Waals surface area contributed by atoms with Gasteiger partial charge in [-0.2, -0.15) is 0 Å². The third-order valence-corrected chi connectivity index (χ3v) is 8.24. The van der Waals surface area contributed by atoms with Crippen LogP contribution in [-0.4, -0.2) is 33.9 Å². The molecule has 1 saturated heterocycles. The molecule has 5 nitrogen and oxygen atoms in total. The lowest BCUT2D eigenvalue weighted by molar-refractivity contribution is -0.138. The maximum Gasteiger partial charge on any atom is 0.234 e. The van der Waals surface area contributed by atoms with Crippen LogP contribution in [-0.2, 0) is 16.1 Å². The molecule has 31 heavy (non-hydrogen) atoms. The van der Waals surface area contributed by atoms with Gasteiger partial charge in [0.15, 0.2) is 5.11 Å². The lowest BCUT2D eigenvalue weighted by Crippen LogP contribution is -2.61. The summed E-state index contributed by atoms with van der Waals surface area (Å²) in [4.78, 5) is 27.9. The van der Waals surface area contributed by atoms with Gasteiger partial charge in [-0.3, -0.25) is 14.5 Å². The second-order valence-electron chi connectivity index (χ2n) is 9.61. The van der Waals surface area contributed by atoms with Gasteiger partial charge in [0.05, 0.1) is 12.5 Å². The molecule has 1 heterocycles. The van der Waals surface area contributed by atoms with Crippen molar-refractivity contribution in [2.24, 2.45) is 23.7 Å². The molecule has 0 radical (unpaired) electrons. The Morgan fingerprint density at radius 2 is 1.94 bits per heavy atom. The summed E-state index contributed by atoms with van der Waals surface area (Å²) in [6.07, 6.45) is 5.62. The van der Waals surface area contributed by atoms with E-state index in [1.165, 1.54) is 12.8 Å². The number of halogens is 1. The Morgan fingerprint density at radius 1 is 1.19 bits per heavy atom. The number of fused-ring (bicyclic) bond motifs is 1. The molecule has 1 aliphatic heterocycles. The van der Waals surface area contributed by atoms with E-state index in [0.717, 1.165) is 18.4 Å². The van der Waals surface area contributed by atoms with Gasteiger partial charge in [0.1, 0.15) is 0 Å². The molecule has 2 N–H and O–H groups in total. The fourth-order valence-corrected chi connectivity index (χ4v) is 5.84. The number of carbonyl (C=O) groups excluding carboxylic acids is 2. The van der Waals surface area contributed by atoms with E-state index in [9.17, 15) is 9.59 Å². The minimum atomic E-state index is -0.128. The third kappa shape index (κ3) is 4.90. The number of carbonyl (C=O) groups is 2. The molecule has 1 aromatic rings. The van der Waals surface area contributed by atoms with Crippen molar-refractivity contribution in [1.29, 1.82) is 0 Å². The fourth-order valence-electron chi connectivity index (χ4n) is 5.41. The predicted molar refractivity (Wildman–Crippen MR) is 126 cm³/mol. The van der Waals surface area contributed by atoms with Crippen LogP contribution in [0.1, 0.15) is 57.9 Å². The number of thiocarbonyl (C=S) groups is 1. The second kappa shape index (κ2) is 9.45. The minimum absolute atomic E-state index is 0.0587. The van der Waals surface area contributed by atoms with Crippen LogP contribution >= 0.6 is 23.8 Å². The largest absolute Gasteiger partial charge is 0.359 e. The van der Waals surface area contributed by atoms with Crippen LogP contribution in [0.2, 0.25) is 5.02 Å². The Kier molecular flexibility index (Phi) is 6.87. The molecular formula is C24H32ClN3O2S. The van der Waals surface area contributed by atoms with Crippen molar-refractivity contribution in [3.63, 3.8) is 0 Å². The fraction of sp³-hybridized carbons (Fsp3) is 0.625. The van der Waals surface area contributed by atoms with Gasteiger partial charge in [0, 0.05) is 23.0 Å². The van der Waals surface area contributed by atoms with Crippen molar-refractivity contribution < 1.29 is 9.59 Å². The van der Waals surface area contributed by atoms with Gasteiger partial charge in [-0.05, 0) is 67.4 Å². The van der Waals surface area contributed by atoms with Crippen LogP contribution < -0.4 is 10.6 Å². The molecular weight excluding hydrogens is 430 g/mol. The van der Waals surface area contributed by atoms with Crippen molar-refractivity contribution in [3.05, 3.63) is 34.9 Å². The van der Waals surface area contributed by atoms with Gasteiger partial charge < -0.3 is 10.6 Å². The van der Waals surface area contributed by atoms with E-state index in [4.69, 9.17) is 23.8 Å². The summed E-state index contributed by atoms with van der Waals surface area (Å²) in [5.74, 6) is 1.19. The lowest BCUT2D eigenvalue weighted by Gasteiger charge is -2.44. The monoisotopic (exact) mass is 461 g/mol. The first-order chi connectivity index (χ1) is 14.8. The molecule has 168 valence electrons. The number of benzene rings is 1. The molecule has 2 amide bonds. The molecule has 6 unspecified atom stereocenters. The average molecular weight is 462 g/mol. The highest BCUT2D eigenvalue weighted by molar-refractivity contribution is 7.80. The van der Waals surface area contributed by atoms with Gasteiger partial charge in [-0.15, -0.1) is 0 Å². The number of nitrogens with one attached hydrogen (secondary N) is 2. The van der Waals surface area contributed by atoms with Crippen LogP contribution in [0.25, 0.3) is 0 Å². The zero-order valence-electron chi connectivity index (χ0n) is 18.3. The maximum atomic E-state index is 13.2. The van der Waals surface area contributed by atoms with Crippen molar-refractivity contribution >= 4 is 40.7 Å². The first-order valence-electron chi connectivity index (χ1n) is 11.5. The maximum absolute atomic E-state index is 13.2. The van der Waals surface area contributed by atoms with E-state index < -0.39 is 0 Å². The lowest BCUT2D eigenvalue weighted by atomic mass is 9.75. The first-order valence-corrected chi connectivity index (χ1v) is 12.3. The van der Waals surface area contributed by atoms with Crippen molar-refractivity contribution in [1.82, 2.24) is 15.5 Å². The zero-order chi connectivity index (χ0) is 22.1. The minimum Gasteiger partial charge on any atom is -0.359 e. The van der Waals surface area contributed by atoms with Gasteiger partial charge in [0.2, 0.25) is 11.8 Å². The summed E-state index contributed by atoms with van der Waals surface area (Å²) in [5, 5.41) is 7.82. The Labute approximate surface area is 195 Å². The smallest absolute Gasteiger partial charge is 0.234 e. The van der Waals surface area contributed by atoms with Crippen molar-refractivity contribution in [3.8, 4) is 0 Å². The molecule has 0 bridgehead atoms. The number of hydrogen-bond acceptors (Lipinski definition) is 3. The van der Waals surface area contributed by atoms with Gasteiger partial charge in [-0.1, -0.05) is 50.4 Å². The number of rotatable bonds is 4. The molecule has 2 aliphatic carbocycles. The molecule has 3 fully saturated rings. The van der Waals surface area contributed by atoms with E-state index in [2.05, 4.69) is 24.5 Å². The Morgan fingerprint density at radius 3 is 2.68 bits per heavy atom. The Hall–Kier alpha value is -1.66. The van der Waals surface area contributed by atoms with Crippen LogP contribution in [0.15, 0.2) is 24.3 Å². The summed E-state index contributed by atoms with van der Waals surface area (Å²) in [5.41, 5.74) is 0.990. The Bertz CT molecular complexity index is 846.